The summed E-state index contributed by atoms with van der Waals surface area (Å²) in [6.07, 6.45) is 5.06. The fourth-order valence-corrected chi connectivity index (χ4v) is 4.27. The molecule has 0 N–H and O–H groups in total. The van der Waals surface area contributed by atoms with Crippen LogP contribution in [0.3, 0.4) is 0 Å². The number of amides is 1. The van der Waals surface area contributed by atoms with Gasteiger partial charge in [-0.2, -0.15) is 0 Å². The van der Waals surface area contributed by atoms with Crippen LogP contribution in [0.2, 0.25) is 0 Å². The molecule has 2 aromatic rings. The van der Waals surface area contributed by atoms with Gasteiger partial charge in [0.1, 0.15) is 0 Å². The minimum Gasteiger partial charge on any atom is -0.459 e. The molecule has 0 spiro atoms. The summed E-state index contributed by atoms with van der Waals surface area (Å²) in [4.78, 5) is 26.9. The van der Waals surface area contributed by atoms with Gasteiger partial charge in [-0.05, 0) is 30.4 Å². The maximum Gasteiger partial charge on any atom is 0.311 e. The Kier molecular flexibility index (Phi) is 5.19. The topological polar surface area (TPSA) is 98.7 Å². The zero-order chi connectivity index (χ0) is 19.7. The Morgan fingerprint density at radius 1 is 1.32 bits per heavy atom. The van der Waals surface area contributed by atoms with E-state index in [0.29, 0.717) is 24.1 Å². The summed E-state index contributed by atoms with van der Waals surface area (Å²) in [5.74, 6) is 1.14. The molecule has 1 saturated heterocycles. The molecule has 1 amide bonds. The summed E-state index contributed by atoms with van der Waals surface area (Å²) in [5, 5.41) is 7.73. The van der Waals surface area contributed by atoms with Crippen molar-refractivity contribution < 1.29 is 23.2 Å². The summed E-state index contributed by atoms with van der Waals surface area (Å²) in [5.41, 5.74) is 0. The van der Waals surface area contributed by atoms with E-state index in [4.69, 9.17) is 13.6 Å². The van der Waals surface area contributed by atoms with E-state index in [-0.39, 0.29) is 36.8 Å². The molecular weight excluding hydrogens is 362 g/mol. The minimum absolute atomic E-state index is 0.0470. The molecule has 4 rings (SSSR count). The lowest BCUT2D eigenvalue weighted by Crippen LogP contribution is -2.45. The van der Waals surface area contributed by atoms with Gasteiger partial charge in [0, 0.05) is 19.0 Å². The second-order valence-corrected chi connectivity index (χ2v) is 7.87. The molecule has 3 heterocycles. The molecule has 0 bridgehead atoms. The average Bonchev–Trinajstić information content (AvgIpc) is 3.42. The predicted octanol–water partition coefficient (Wildman–Crippen LogP) is 3.05. The third kappa shape index (κ3) is 3.68. The number of carbonyl (C=O) groups is 2. The number of ether oxygens (including phenoxy) is 1. The van der Waals surface area contributed by atoms with Crippen molar-refractivity contribution >= 4 is 11.9 Å². The van der Waals surface area contributed by atoms with Crippen molar-refractivity contribution in [3.05, 3.63) is 24.3 Å². The Hall–Kier alpha value is -2.64. The highest BCUT2D eigenvalue weighted by atomic mass is 16.5. The van der Waals surface area contributed by atoms with E-state index in [1.807, 2.05) is 4.90 Å². The number of hydrogen-bond acceptors (Lipinski definition) is 7. The maximum atomic E-state index is 12.5. The highest BCUT2D eigenvalue weighted by Crippen LogP contribution is 2.36. The summed E-state index contributed by atoms with van der Waals surface area (Å²) >= 11 is 0. The number of carbonyl (C=O) groups excluding carboxylic acids is 2. The number of nitrogens with zero attached hydrogens (tertiary/aromatic N) is 3. The third-order valence-electron chi connectivity index (χ3n) is 6.09. The van der Waals surface area contributed by atoms with Crippen molar-refractivity contribution in [1.82, 2.24) is 15.1 Å². The van der Waals surface area contributed by atoms with E-state index in [9.17, 15) is 9.59 Å². The van der Waals surface area contributed by atoms with Crippen molar-refractivity contribution in [2.45, 2.75) is 52.2 Å². The van der Waals surface area contributed by atoms with Crippen LogP contribution in [0.15, 0.2) is 27.2 Å². The normalized spacial score (nSPS) is 27.9. The van der Waals surface area contributed by atoms with Gasteiger partial charge in [-0.25, -0.2) is 0 Å². The number of esters is 1. The summed E-state index contributed by atoms with van der Waals surface area (Å²) in [6, 6.07) is 3.64. The first-order chi connectivity index (χ1) is 13.5. The molecule has 1 aliphatic carbocycles. The summed E-state index contributed by atoms with van der Waals surface area (Å²) < 4.78 is 16.0. The van der Waals surface area contributed by atoms with Crippen LogP contribution in [0.25, 0.3) is 11.7 Å². The highest BCUT2D eigenvalue weighted by molar-refractivity contribution is 5.87. The van der Waals surface area contributed by atoms with Crippen LogP contribution in [-0.2, 0) is 20.9 Å². The quantitative estimate of drug-likeness (QED) is 0.727. The average molecular weight is 387 g/mol. The first-order valence-corrected chi connectivity index (χ1v) is 9.85. The second kappa shape index (κ2) is 7.77. The standard InChI is InChI=1S/C20H25N3O5/c1-12-5-3-6-15(13(12)2)23-10-14(9-18(23)24)20(25)27-11-17-21-22-19(28-17)16-7-4-8-26-16/h4,7-8,12-15H,3,5-6,9-11H2,1-2H3/t12-,13-,14-,15-/m1/s1. The Labute approximate surface area is 163 Å². The summed E-state index contributed by atoms with van der Waals surface area (Å²) in [7, 11) is 0. The Morgan fingerprint density at radius 3 is 2.96 bits per heavy atom. The summed E-state index contributed by atoms with van der Waals surface area (Å²) in [6.45, 7) is 4.76. The fraction of sp³-hybridized carbons (Fsp3) is 0.600. The van der Waals surface area contributed by atoms with Gasteiger partial charge < -0.3 is 18.5 Å². The van der Waals surface area contributed by atoms with Crippen molar-refractivity contribution in [1.29, 1.82) is 0 Å². The fourth-order valence-electron chi connectivity index (χ4n) is 4.27. The second-order valence-electron chi connectivity index (χ2n) is 7.87. The van der Waals surface area contributed by atoms with Crippen LogP contribution >= 0.6 is 0 Å². The Bertz CT molecular complexity index is 831. The number of furan rings is 1. The van der Waals surface area contributed by atoms with Crippen molar-refractivity contribution in [2.75, 3.05) is 6.54 Å². The van der Waals surface area contributed by atoms with Crippen molar-refractivity contribution in [3.63, 3.8) is 0 Å². The van der Waals surface area contributed by atoms with Gasteiger partial charge >= 0.3 is 5.97 Å². The van der Waals surface area contributed by atoms with E-state index in [2.05, 4.69) is 24.0 Å². The van der Waals surface area contributed by atoms with E-state index in [0.717, 1.165) is 12.8 Å². The van der Waals surface area contributed by atoms with Crippen LogP contribution in [0.5, 0.6) is 0 Å². The van der Waals surface area contributed by atoms with E-state index in [1.165, 1.54) is 12.7 Å². The molecule has 2 aromatic heterocycles. The van der Waals surface area contributed by atoms with Crippen LogP contribution in [-0.4, -0.2) is 39.6 Å². The molecule has 1 aliphatic heterocycles. The first-order valence-electron chi connectivity index (χ1n) is 9.85. The van der Waals surface area contributed by atoms with Crippen molar-refractivity contribution in [3.8, 4) is 11.7 Å². The molecule has 28 heavy (non-hydrogen) atoms. The number of aromatic nitrogens is 2. The van der Waals surface area contributed by atoms with Gasteiger partial charge in [0.05, 0.1) is 12.2 Å². The first kappa shape index (κ1) is 18.7. The van der Waals surface area contributed by atoms with Crippen LogP contribution in [0.1, 0.15) is 45.4 Å². The van der Waals surface area contributed by atoms with Crippen LogP contribution < -0.4 is 0 Å². The van der Waals surface area contributed by atoms with Gasteiger partial charge in [0.2, 0.25) is 5.91 Å². The lowest BCUT2D eigenvalue weighted by atomic mass is 9.77. The van der Waals surface area contributed by atoms with Gasteiger partial charge in [0.25, 0.3) is 11.8 Å². The zero-order valence-electron chi connectivity index (χ0n) is 16.2. The van der Waals surface area contributed by atoms with Gasteiger partial charge in [-0.1, -0.05) is 26.7 Å². The molecule has 0 aromatic carbocycles. The Balaban J connectivity index is 1.32. The van der Waals surface area contributed by atoms with Gasteiger partial charge in [0.15, 0.2) is 12.4 Å². The van der Waals surface area contributed by atoms with Crippen LogP contribution in [0.4, 0.5) is 0 Å². The number of likely N-dealkylation sites (tertiary alicyclic amines) is 1. The molecule has 0 radical (unpaired) electrons. The molecule has 8 nitrogen and oxygen atoms in total. The minimum atomic E-state index is -0.440. The van der Waals surface area contributed by atoms with Gasteiger partial charge in [-0.15, -0.1) is 10.2 Å². The lowest BCUT2D eigenvalue weighted by Gasteiger charge is -2.39. The Morgan fingerprint density at radius 2 is 2.18 bits per heavy atom. The number of rotatable bonds is 5. The molecular formula is C20H25N3O5. The zero-order valence-corrected chi connectivity index (χ0v) is 16.2. The lowest BCUT2D eigenvalue weighted by molar-refractivity contribution is -0.150. The monoisotopic (exact) mass is 387 g/mol. The van der Waals surface area contributed by atoms with Crippen molar-refractivity contribution in [2.24, 2.45) is 17.8 Å². The molecule has 2 fully saturated rings. The molecule has 150 valence electrons. The molecule has 2 aliphatic rings. The number of hydrogen-bond donors (Lipinski definition) is 0. The van der Waals surface area contributed by atoms with Crippen LogP contribution in [0, 0.1) is 17.8 Å². The molecule has 1 saturated carbocycles. The predicted molar refractivity (Wildman–Crippen MR) is 97.6 cm³/mol. The smallest absolute Gasteiger partial charge is 0.311 e. The van der Waals surface area contributed by atoms with E-state index < -0.39 is 11.9 Å². The highest BCUT2D eigenvalue weighted by Gasteiger charge is 2.42. The van der Waals surface area contributed by atoms with E-state index in [1.54, 1.807) is 12.1 Å². The SMILES string of the molecule is C[C@@H]1[C@H](C)CCC[C@H]1N1C[C@H](C(=O)OCc2nnc(-c3ccco3)o2)CC1=O. The molecule has 4 atom stereocenters. The van der Waals surface area contributed by atoms with Gasteiger partial charge in [-0.3, -0.25) is 9.59 Å². The maximum absolute atomic E-state index is 12.5. The van der Waals surface area contributed by atoms with E-state index >= 15 is 0 Å². The molecule has 8 heteroatoms. The molecule has 0 unspecified atom stereocenters. The largest absolute Gasteiger partial charge is 0.459 e. The third-order valence-corrected chi connectivity index (χ3v) is 6.09.